The number of H-pyrrole nitrogens is 1. The molecule has 1 heterocycles. The molecule has 0 atom stereocenters. The van der Waals surface area contributed by atoms with Gasteiger partial charge < -0.3 is 15.4 Å². The van der Waals surface area contributed by atoms with E-state index in [0.717, 1.165) is 5.56 Å². The molecule has 0 spiro atoms. The third-order valence-electron chi connectivity index (χ3n) is 4.09. The minimum Gasteiger partial charge on any atom is -0.508 e. The number of amides is 1. The third-order valence-corrected chi connectivity index (χ3v) is 4.09. The molecule has 0 unspecified atom stereocenters. The van der Waals surface area contributed by atoms with Gasteiger partial charge >= 0.3 is 0 Å². The van der Waals surface area contributed by atoms with E-state index in [4.69, 9.17) is 0 Å². The van der Waals surface area contributed by atoms with Crippen LogP contribution >= 0.6 is 0 Å². The van der Waals surface area contributed by atoms with Crippen molar-refractivity contribution < 1.29 is 9.90 Å². The smallest absolute Gasteiger partial charge is 0.261 e. The molecule has 128 valence electrons. The highest BCUT2D eigenvalue weighted by atomic mass is 16.3. The highest BCUT2D eigenvalue weighted by Crippen LogP contribution is 2.32. The first kappa shape index (κ1) is 16.8. The largest absolute Gasteiger partial charge is 0.508 e. The van der Waals surface area contributed by atoms with Crippen LogP contribution in [0.1, 0.15) is 36.7 Å². The Morgan fingerprint density at radius 1 is 1.12 bits per heavy atom. The van der Waals surface area contributed by atoms with Crippen LogP contribution in [-0.4, -0.2) is 16.0 Å². The van der Waals surface area contributed by atoms with Gasteiger partial charge in [-0.2, -0.15) is 0 Å². The molecule has 2 aromatic carbocycles. The van der Waals surface area contributed by atoms with Crippen LogP contribution < -0.4 is 10.7 Å². The molecular weight excluding hydrogens is 316 g/mol. The number of nitrogens with one attached hydrogen (secondary N) is 2. The fourth-order valence-corrected chi connectivity index (χ4v) is 2.82. The number of carbonyl (C=O) groups is 1. The van der Waals surface area contributed by atoms with Crippen LogP contribution in [-0.2, 0) is 5.41 Å². The van der Waals surface area contributed by atoms with Crippen LogP contribution in [0.2, 0.25) is 0 Å². The van der Waals surface area contributed by atoms with Crippen LogP contribution in [0.25, 0.3) is 10.9 Å². The Morgan fingerprint density at radius 2 is 1.84 bits per heavy atom. The van der Waals surface area contributed by atoms with Crippen LogP contribution in [0.4, 0.5) is 5.69 Å². The molecule has 5 heteroatoms. The number of hydrogen-bond donors (Lipinski definition) is 3. The van der Waals surface area contributed by atoms with Gasteiger partial charge in [0.05, 0.1) is 0 Å². The molecule has 1 aromatic heterocycles. The maximum atomic E-state index is 12.7. The Labute approximate surface area is 145 Å². The molecule has 5 nitrogen and oxygen atoms in total. The summed E-state index contributed by atoms with van der Waals surface area (Å²) in [6, 6.07) is 11.9. The first-order valence-corrected chi connectivity index (χ1v) is 8.02. The van der Waals surface area contributed by atoms with Crippen molar-refractivity contribution in [2.45, 2.75) is 26.2 Å². The molecule has 3 aromatic rings. The Kier molecular flexibility index (Phi) is 4.08. The van der Waals surface area contributed by atoms with E-state index >= 15 is 0 Å². The molecule has 0 saturated heterocycles. The van der Waals surface area contributed by atoms with Gasteiger partial charge in [0.1, 0.15) is 11.3 Å². The van der Waals surface area contributed by atoms with E-state index in [1.165, 1.54) is 12.3 Å². The monoisotopic (exact) mass is 336 g/mol. The van der Waals surface area contributed by atoms with Crippen LogP contribution in [0, 0.1) is 0 Å². The fraction of sp³-hybridized carbons (Fsp3) is 0.200. The second-order valence-corrected chi connectivity index (χ2v) is 7.01. The van der Waals surface area contributed by atoms with Gasteiger partial charge in [0.15, 0.2) is 0 Å². The van der Waals surface area contributed by atoms with Gasteiger partial charge in [0, 0.05) is 28.9 Å². The molecule has 3 N–H and O–H groups in total. The molecule has 0 aliphatic rings. The summed E-state index contributed by atoms with van der Waals surface area (Å²) in [5.74, 6) is -0.459. The van der Waals surface area contributed by atoms with Gasteiger partial charge in [-0.1, -0.05) is 39.0 Å². The van der Waals surface area contributed by atoms with Crippen LogP contribution in [0.15, 0.2) is 53.5 Å². The summed E-state index contributed by atoms with van der Waals surface area (Å²) in [5, 5.41) is 13.0. The predicted molar refractivity (Wildman–Crippen MR) is 99.3 cm³/mol. The van der Waals surface area contributed by atoms with E-state index in [0.29, 0.717) is 16.6 Å². The standard InChI is InChI=1S/C20H20N2O3/c1-20(2,3)15-9-8-12(23)10-17(15)22-19(25)14-11-21-16-7-5-4-6-13(16)18(14)24/h4-11,23H,1-3H3,(H,21,24)(H,22,25). The van der Waals surface area contributed by atoms with E-state index < -0.39 is 5.91 Å². The summed E-state index contributed by atoms with van der Waals surface area (Å²) in [7, 11) is 0. The van der Waals surface area contributed by atoms with Crippen molar-refractivity contribution in [3.05, 3.63) is 70.0 Å². The topological polar surface area (TPSA) is 82.2 Å². The number of phenolic OH excluding ortho intramolecular Hbond substituents is 1. The number of anilines is 1. The van der Waals surface area contributed by atoms with Gasteiger partial charge in [-0.3, -0.25) is 9.59 Å². The predicted octanol–water partition coefficient (Wildman–Crippen LogP) is 3.78. The molecular formula is C20H20N2O3. The van der Waals surface area contributed by atoms with E-state index in [-0.39, 0.29) is 22.2 Å². The molecule has 0 saturated carbocycles. The number of aromatic hydroxyl groups is 1. The van der Waals surface area contributed by atoms with Gasteiger partial charge in [-0.25, -0.2) is 0 Å². The Balaban J connectivity index is 2.03. The van der Waals surface area contributed by atoms with Gasteiger partial charge in [-0.05, 0) is 29.2 Å². The van der Waals surface area contributed by atoms with Gasteiger partial charge in [-0.15, -0.1) is 0 Å². The average molecular weight is 336 g/mol. The highest BCUT2D eigenvalue weighted by Gasteiger charge is 2.21. The van der Waals surface area contributed by atoms with E-state index in [1.807, 2.05) is 26.8 Å². The number of aromatic amines is 1. The molecule has 0 aliphatic carbocycles. The molecule has 0 radical (unpaired) electrons. The summed E-state index contributed by atoms with van der Waals surface area (Å²) in [4.78, 5) is 28.2. The first-order valence-electron chi connectivity index (χ1n) is 8.02. The molecule has 25 heavy (non-hydrogen) atoms. The maximum Gasteiger partial charge on any atom is 0.261 e. The van der Waals surface area contributed by atoms with Crippen molar-refractivity contribution in [1.82, 2.24) is 4.98 Å². The number of benzene rings is 2. The highest BCUT2D eigenvalue weighted by molar-refractivity contribution is 6.06. The van der Waals surface area contributed by atoms with Crippen molar-refractivity contribution in [2.75, 3.05) is 5.32 Å². The number of fused-ring (bicyclic) bond motifs is 1. The number of phenols is 1. The summed E-state index contributed by atoms with van der Waals surface area (Å²) in [5.41, 5.74) is 1.51. The SMILES string of the molecule is CC(C)(C)c1ccc(O)cc1NC(=O)c1c[nH]c2ccccc2c1=O. The van der Waals surface area contributed by atoms with Crippen molar-refractivity contribution in [1.29, 1.82) is 0 Å². The van der Waals surface area contributed by atoms with Crippen molar-refractivity contribution in [3.63, 3.8) is 0 Å². The quantitative estimate of drug-likeness (QED) is 0.666. The van der Waals surface area contributed by atoms with Crippen molar-refractivity contribution in [2.24, 2.45) is 0 Å². The number of carbonyl (C=O) groups excluding carboxylic acids is 1. The summed E-state index contributed by atoms with van der Waals surface area (Å²) in [6.07, 6.45) is 1.42. The van der Waals surface area contributed by atoms with Crippen LogP contribution in [0.3, 0.4) is 0 Å². The second kappa shape index (κ2) is 6.09. The molecule has 1 amide bonds. The number of hydrogen-bond acceptors (Lipinski definition) is 3. The van der Waals surface area contributed by atoms with Crippen molar-refractivity contribution in [3.8, 4) is 5.75 Å². The lowest BCUT2D eigenvalue weighted by molar-refractivity contribution is 0.102. The number of pyridine rings is 1. The zero-order valence-electron chi connectivity index (χ0n) is 14.4. The number of aromatic nitrogens is 1. The third kappa shape index (κ3) is 3.26. The zero-order valence-corrected chi connectivity index (χ0v) is 14.4. The Bertz CT molecular complexity index is 1010. The minimum absolute atomic E-state index is 0.0295. The Hall–Kier alpha value is -3.08. The summed E-state index contributed by atoms with van der Waals surface area (Å²) < 4.78 is 0. The summed E-state index contributed by atoms with van der Waals surface area (Å²) in [6.45, 7) is 6.04. The minimum atomic E-state index is -0.511. The van der Waals surface area contributed by atoms with Gasteiger partial charge in [0.25, 0.3) is 5.91 Å². The molecule has 0 aliphatic heterocycles. The number of rotatable bonds is 2. The van der Waals surface area contributed by atoms with Gasteiger partial charge in [0.2, 0.25) is 5.43 Å². The first-order chi connectivity index (χ1) is 11.8. The van der Waals surface area contributed by atoms with E-state index in [1.54, 1.807) is 30.3 Å². The normalized spacial score (nSPS) is 11.5. The van der Waals surface area contributed by atoms with E-state index in [2.05, 4.69) is 10.3 Å². The van der Waals surface area contributed by atoms with E-state index in [9.17, 15) is 14.7 Å². The van der Waals surface area contributed by atoms with Crippen LogP contribution in [0.5, 0.6) is 5.75 Å². The van der Waals surface area contributed by atoms with Crippen molar-refractivity contribution >= 4 is 22.5 Å². The fourth-order valence-electron chi connectivity index (χ4n) is 2.82. The zero-order chi connectivity index (χ0) is 18.2. The molecule has 0 bridgehead atoms. The maximum absolute atomic E-state index is 12.7. The average Bonchev–Trinajstić information content (AvgIpc) is 2.54. The number of para-hydroxylation sites is 1. The molecule has 0 fully saturated rings. The lowest BCUT2D eigenvalue weighted by Crippen LogP contribution is -2.24. The second-order valence-electron chi connectivity index (χ2n) is 7.01. The Morgan fingerprint density at radius 3 is 2.56 bits per heavy atom. The summed E-state index contributed by atoms with van der Waals surface area (Å²) >= 11 is 0. The lowest BCUT2D eigenvalue weighted by atomic mass is 9.85. The lowest BCUT2D eigenvalue weighted by Gasteiger charge is -2.23. The molecule has 3 rings (SSSR count).